The van der Waals surface area contributed by atoms with E-state index in [0.29, 0.717) is 13.1 Å². The van der Waals surface area contributed by atoms with Crippen LogP contribution in [-0.2, 0) is 26.0 Å². The van der Waals surface area contributed by atoms with Crippen molar-refractivity contribution in [2.75, 3.05) is 53.4 Å². The number of hydrogen-bond donors (Lipinski definition) is 1. The van der Waals surface area contributed by atoms with Crippen LogP contribution in [0, 0.1) is 0 Å². The molecule has 35 heavy (non-hydrogen) atoms. The summed E-state index contributed by atoms with van der Waals surface area (Å²) in [6, 6.07) is 6.71. The maximum absolute atomic E-state index is 13.2. The number of nitrogens with zero attached hydrogens (tertiary/aromatic N) is 3. The average molecular weight is 501 g/mol. The largest absolute Gasteiger partial charge is 0.496 e. The Morgan fingerprint density at radius 2 is 1.83 bits per heavy atom. The Balaban J connectivity index is 1.49. The molecule has 4 rings (SSSR count). The third-order valence-corrected chi connectivity index (χ3v) is 8.37. The number of allylic oxidation sites excluding steroid dienone is 1. The van der Waals surface area contributed by atoms with Crippen molar-refractivity contribution in [2.24, 2.45) is 0 Å². The predicted molar refractivity (Wildman–Crippen MR) is 136 cm³/mol. The van der Waals surface area contributed by atoms with Crippen molar-refractivity contribution < 1.29 is 17.9 Å². The normalized spacial score (nSPS) is 21.6. The molecule has 0 saturated carbocycles. The minimum Gasteiger partial charge on any atom is -0.496 e. The van der Waals surface area contributed by atoms with E-state index in [0.717, 1.165) is 55.9 Å². The summed E-state index contributed by atoms with van der Waals surface area (Å²) in [6.07, 6.45) is 7.94. The minimum absolute atomic E-state index is 0.00177. The fourth-order valence-corrected chi connectivity index (χ4v) is 5.91. The third-order valence-electron chi connectivity index (χ3n) is 6.89. The number of carbonyl (C=O) groups excluding carboxylic acids is 1. The number of hydrogen-bond acceptors (Lipinski definition) is 6. The van der Waals surface area contributed by atoms with Crippen LogP contribution in [0.1, 0.15) is 25.3 Å². The van der Waals surface area contributed by atoms with Crippen LogP contribution in [0.5, 0.6) is 0 Å². The van der Waals surface area contributed by atoms with Gasteiger partial charge in [-0.1, -0.05) is 25.1 Å². The standard InChI is InChI=1S/C26H36N4O4S/c1-4-12-27-35(32,33)21-7-5-20(6-8-21)18-26(31)30-13-11-22-23(19-30)24(9-10-25(22)34-3)29-16-14-28(2)15-17-29/h5-10,19,24,27H,4,11-18H2,1-3H3. The minimum atomic E-state index is -3.52. The first-order valence-electron chi connectivity index (χ1n) is 12.3. The van der Waals surface area contributed by atoms with E-state index >= 15 is 0 Å². The average Bonchev–Trinajstić information content (AvgIpc) is 2.87. The van der Waals surface area contributed by atoms with Crippen molar-refractivity contribution in [3.63, 3.8) is 0 Å². The first-order chi connectivity index (χ1) is 16.8. The molecule has 1 unspecified atom stereocenters. The maximum Gasteiger partial charge on any atom is 0.240 e. The van der Waals surface area contributed by atoms with Gasteiger partial charge in [-0.2, -0.15) is 0 Å². The second kappa shape index (κ2) is 11.1. The molecule has 8 nitrogen and oxygen atoms in total. The molecule has 1 saturated heterocycles. The van der Waals surface area contributed by atoms with Gasteiger partial charge in [-0.05, 0) is 49.2 Å². The monoisotopic (exact) mass is 500 g/mol. The van der Waals surface area contributed by atoms with Crippen LogP contribution in [-0.4, -0.2) is 88.5 Å². The summed E-state index contributed by atoms with van der Waals surface area (Å²) in [5.41, 5.74) is 3.11. The van der Waals surface area contributed by atoms with Gasteiger partial charge in [0.1, 0.15) is 5.76 Å². The number of ether oxygens (including phenoxy) is 1. The molecule has 1 aliphatic carbocycles. The maximum atomic E-state index is 13.2. The third kappa shape index (κ3) is 5.86. The molecule has 1 atom stereocenters. The first kappa shape index (κ1) is 25.6. The molecule has 2 aliphatic heterocycles. The van der Waals surface area contributed by atoms with Gasteiger partial charge < -0.3 is 14.5 Å². The highest BCUT2D eigenvalue weighted by atomic mass is 32.2. The molecule has 190 valence electrons. The summed E-state index contributed by atoms with van der Waals surface area (Å²) < 4.78 is 32.8. The summed E-state index contributed by atoms with van der Waals surface area (Å²) in [7, 11) is 0.324. The summed E-state index contributed by atoms with van der Waals surface area (Å²) in [4.78, 5) is 20.0. The van der Waals surface area contributed by atoms with Crippen molar-refractivity contribution in [3.8, 4) is 0 Å². The van der Waals surface area contributed by atoms with E-state index < -0.39 is 10.0 Å². The Morgan fingerprint density at radius 1 is 1.11 bits per heavy atom. The van der Waals surface area contributed by atoms with Crippen molar-refractivity contribution in [3.05, 3.63) is 65.1 Å². The van der Waals surface area contributed by atoms with E-state index in [9.17, 15) is 13.2 Å². The van der Waals surface area contributed by atoms with Crippen molar-refractivity contribution >= 4 is 15.9 Å². The number of carbonyl (C=O) groups is 1. The summed E-state index contributed by atoms with van der Waals surface area (Å²) in [5.74, 6) is 0.879. The highest BCUT2D eigenvalue weighted by Gasteiger charge is 2.33. The zero-order valence-corrected chi connectivity index (χ0v) is 21.7. The second-order valence-electron chi connectivity index (χ2n) is 9.33. The lowest BCUT2D eigenvalue weighted by molar-refractivity contribution is -0.128. The van der Waals surface area contributed by atoms with Crippen molar-refractivity contribution in [2.45, 2.75) is 37.1 Å². The number of benzene rings is 1. The highest BCUT2D eigenvalue weighted by Crippen LogP contribution is 2.35. The fourth-order valence-electron chi connectivity index (χ4n) is 4.78. The Morgan fingerprint density at radius 3 is 2.49 bits per heavy atom. The molecule has 0 spiro atoms. The van der Waals surface area contributed by atoms with E-state index in [1.807, 2.05) is 18.0 Å². The number of rotatable bonds is 8. The van der Waals surface area contributed by atoms with E-state index in [1.165, 1.54) is 5.57 Å². The van der Waals surface area contributed by atoms with Crippen LogP contribution < -0.4 is 4.72 Å². The number of sulfonamides is 1. The molecule has 0 bridgehead atoms. The zero-order chi connectivity index (χ0) is 25.0. The van der Waals surface area contributed by atoms with Crippen LogP contribution in [0.4, 0.5) is 0 Å². The Bertz CT molecular complexity index is 1120. The Hall–Kier alpha value is -2.46. The van der Waals surface area contributed by atoms with E-state index in [2.05, 4.69) is 33.7 Å². The molecular weight excluding hydrogens is 464 g/mol. The molecule has 1 fully saturated rings. The van der Waals surface area contributed by atoms with Gasteiger partial charge in [0.25, 0.3) is 0 Å². The van der Waals surface area contributed by atoms with Gasteiger partial charge in [-0.3, -0.25) is 9.69 Å². The number of piperazine rings is 1. The van der Waals surface area contributed by atoms with Crippen LogP contribution in [0.15, 0.2) is 64.4 Å². The van der Waals surface area contributed by atoms with E-state index in [1.54, 1.807) is 31.4 Å². The van der Waals surface area contributed by atoms with Gasteiger partial charge in [0.05, 0.1) is 24.5 Å². The van der Waals surface area contributed by atoms with Crippen LogP contribution in [0.25, 0.3) is 0 Å². The molecule has 1 aromatic carbocycles. The van der Waals surface area contributed by atoms with Gasteiger partial charge in [-0.25, -0.2) is 13.1 Å². The molecular formula is C26H36N4O4S. The molecule has 0 radical (unpaired) electrons. The lowest BCUT2D eigenvalue weighted by Gasteiger charge is -2.41. The van der Waals surface area contributed by atoms with Crippen LogP contribution >= 0.6 is 0 Å². The fraction of sp³-hybridized carbons (Fsp3) is 0.500. The molecule has 1 aromatic rings. The van der Waals surface area contributed by atoms with Gasteiger partial charge in [0.2, 0.25) is 15.9 Å². The van der Waals surface area contributed by atoms with Crippen LogP contribution in [0.2, 0.25) is 0 Å². The smallest absolute Gasteiger partial charge is 0.240 e. The van der Waals surface area contributed by atoms with E-state index in [4.69, 9.17) is 4.74 Å². The number of likely N-dealkylation sites (N-methyl/N-ethyl adjacent to an activating group) is 1. The summed E-state index contributed by atoms with van der Waals surface area (Å²) >= 11 is 0. The van der Waals surface area contributed by atoms with E-state index in [-0.39, 0.29) is 23.3 Å². The highest BCUT2D eigenvalue weighted by molar-refractivity contribution is 7.89. The molecule has 9 heteroatoms. The van der Waals surface area contributed by atoms with Crippen LogP contribution in [0.3, 0.4) is 0 Å². The van der Waals surface area contributed by atoms with Crippen molar-refractivity contribution in [1.82, 2.24) is 19.4 Å². The number of fused-ring (bicyclic) bond motifs is 1. The van der Waals surface area contributed by atoms with Crippen molar-refractivity contribution in [1.29, 1.82) is 0 Å². The number of nitrogens with one attached hydrogen (secondary N) is 1. The molecule has 2 heterocycles. The topological polar surface area (TPSA) is 82.2 Å². The Kier molecular flexibility index (Phi) is 8.11. The second-order valence-corrected chi connectivity index (χ2v) is 11.1. The molecule has 0 aromatic heterocycles. The number of methoxy groups -OCH3 is 1. The molecule has 1 N–H and O–H groups in total. The van der Waals surface area contributed by atoms with Gasteiger partial charge in [0.15, 0.2) is 0 Å². The molecule has 3 aliphatic rings. The molecule has 1 amide bonds. The lowest BCUT2D eigenvalue weighted by atomic mass is 9.87. The number of amides is 1. The predicted octanol–water partition coefficient (Wildman–Crippen LogP) is 2.12. The first-order valence-corrected chi connectivity index (χ1v) is 13.8. The summed E-state index contributed by atoms with van der Waals surface area (Å²) in [6.45, 7) is 6.92. The van der Waals surface area contributed by atoms with Gasteiger partial charge >= 0.3 is 0 Å². The van der Waals surface area contributed by atoms with Gasteiger partial charge in [0, 0.05) is 51.0 Å². The SMILES string of the molecule is CCCNS(=O)(=O)c1ccc(CC(=O)N2C=C3C(=C(OC)C=CC3N3CCN(C)CC3)CC2)cc1. The summed E-state index contributed by atoms with van der Waals surface area (Å²) in [5, 5.41) is 0. The lowest BCUT2D eigenvalue weighted by Crippen LogP contribution is -2.50. The van der Waals surface area contributed by atoms with Gasteiger partial charge in [-0.15, -0.1) is 0 Å². The quantitative estimate of drug-likeness (QED) is 0.589. The zero-order valence-electron chi connectivity index (χ0n) is 20.9. The Labute approximate surface area is 209 Å².